The van der Waals surface area contributed by atoms with E-state index < -0.39 is 27.8 Å². The van der Waals surface area contributed by atoms with Gasteiger partial charge in [-0.2, -0.15) is 0 Å². The van der Waals surface area contributed by atoms with E-state index in [2.05, 4.69) is 10.3 Å². The van der Waals surface area contributed by atoms with Crippen molar-refractivity contribution >= 4 is 21.7 Å². The number of hydrogen-bond acceptors (Lipinski definition) is 5. The van der Waals surface area contributed by atoms with Gasteiger partial charge < -0.3 is 10.4 Å². The normalized spacial score (nSPS) is 19.8. The summed E-state index contributed by atoms with van der Waals surface area (Å²) in [5.74, 6) is -1.84. The summed E-state index contributed by atoms with van der Waals surface area (Å²) in [6, 6.07) is 1.99. The first-order valence-electron chi connectivity index (χ1n) is 5.71. The maximum absolute atomic E-state index is 11.9. The van der Waals surface area contributed by atoms with Gasteiger partial charge in [0.25, 0.3) is 5.91 Å². The van der Waals surface area contributed by atoms with Crippen LogP contribution in [-0.4, -0.2) is 42.2 Å². The van der Waals surface area contributed by atoms with Crippen molar-refractivity contribution in [1.82, 2.24) is 10.3 Å². The number of aryl methyl sites for hydroxylation is 1. The van der Waals surface area contributed by atoms with Gasteiger partial charge in [0.2, 0.25) is 0 Å². The van der Waals surface area contributed by atoms with Crippen LogP contribution in [0.4, 0.5) is 0 Å². The molecule has 0 saturated heterocycles. The SMILES string of the molecule is Cc1nc(C(=O)NC2C=CS(=O)(=O)C2)ccc1C(=O)O. The molecule has 1 atom stereocenters. The lowest BCUT2D eigenvalue weighted by Gasteiger charge is -2.10. The van der Waals surface area contributed by atoms with Crippen molar-refractivity contribution in [3.63, 3.8) is 0 Å². The zero-order valence-corrected chi connectivity index (χ0v) is 11.3. The van der Waals surface area contributed by atoms with E-state index in [1.807, 2.05) is 0 Å². The highest BCUT2D eigenvalue weighted by molar-refractivity contribution is 7.94. The molecular formula is C12H12N2O5S. The first kappa shape index (κ1) is 14.2. The molecule has 0 bridgehead atoms. The van der Waals surface area contributed by atoms with Gasteiger partial charge in [0.15, 0.2) is 9.84 Å². The second-order valence-corrected chi connectivity index (χ2v) is 6.30. The first-order chi connectivity index (χ1) is 9.28. The molecule has 1 aliphatic heterocycles. The van der Waals surface area contributed by atoms with Gasteiger partial charge in [-0.15, -0.1) is 0 Å². The Morgan fingerprint density at radius 1 is 1.40 bits per heavy atom. The molecule has 8 heteroatoms. The Morgan fingerprint density at radius 2 is 2.10 bits per heavy atom. The highest BCUT2D eigenvalue weighted by atomic mass is 32.2. The number of nitrogens with one attached hydrogen (secondary N) is 1. The van der Waals surface area contributed by atoms with Crippen LogP contribution in [0.25, 0.3) is 0 Å². The van der Waals surface area contributed by atoms with Crippen molar-refractivity contribution < 1.29 is 23.1 Å². The summed E-state index contributed by atoms with van der Waals surface area (Å²) in [6.07, 6.45) is 1.39. The zero-order valence-electron chi connectivity index (χ0n) is 10.5. The van der Waals surface area contributed by atoms with Crippen molar-refractivity contribution in [2.24, 2.45) is 0 Å². The summed E-state index contributed by atoms with van der Waals surface area (Å²) in [4.78, 5) is 26.6. The van der Waals surface area contributed by atoms with Gasteiger partial charge in [-0.3, -0.25) is 4.79 Å². The minimum Gasteiger partial charge on any atom is -0.478 e. The summed E-state index contributed by atoms with van der Waals surface area (Å²) in [5.41, 5.74) is 0.287. The van der Waals surface area contributed by atoms with Gasteiger partial charge in [0, 0.05) is 5.41 Å². The van der Waals surface area contributed by atoms with E-state index in [9.17, 15) is 18.0 Å². The summed E-state index contributed by atoms with van der Waals surface area (Å²) in [6.45, 7) is 1.49. The number of aromatic nitrogens is 1. The van der Waals surface area contributed by atoms with Gasteiger partial charge in [0.05, 0.1) is 23.1 Å². The average molecular weight is 296 g/mol. The lowest BCUT2D eigenvalue weighted by atomic mass is 10.2. The topological polar surface area (TPSA) is 113 Å². The molecule has 1 aromatic heterocycles. The Bertz CT molecular complexity index is 709. The molecule has 106 valence electrons. The van der Waals surface area contributed by atoms with E-state index >= 15 is 0 Å². The van der Waals surface area contributed by atoms with E-state index in [1.54, 1.807) is 0 Å². The largest absolute Gasteiger partial charge is 0.478 e. The molecule has 2 N–H and O–H groups in total. The smallest absolute Gasteiger partial charge is 0.337 e. The minimum atomic E-state index is -3.24. The van der Waals surface area contributed by atoms with Crippen molar-refractivity contribution in [3.8, 4) is 0 Å². The molecule has 2 rings (SSSR count). The minimum absolute atomic E-state index is 0.0184. The fourth-order valence-electron chi connectivity index (χ4n) is 1.82. The molecule has 0 fully saturated rings. The third kappa shape index (κ3) is 3.02. The van der Waals surface area contributed by atoms with Crippen molar-refractivity contribution in [1.29, 1.82) is 0 Å². The fraction of sp³-hybridized carbons (Fsp3) is 0.250. The van der Waals surface area contributed by atoms with Crippen LogP contribution in [-0.2, 0) is 9.84 Å². The van der Waals surface area contributed by atoms with Gasteiger partial charge in [-0.25, -0.2) is 18.2 Å². The average Bonchev–Trinajstić information content (AvgIpc) is 2.68. The second kappa shape index (κ2) is 5.04. The molecule has 2 heterocycles. The predicted octanol–water partition coefficient (Wildman–Crippen LogP) is 0.129. The molecule has 1 amide bonds. The standard InChI is InChI=1S/C12H12N2O5S/c1-7-9(12(16)17)2-3-10(13-7)11(15)14-8-4-5-20(18,19)6-8/h2-5,8H,6H2,1H3,(H,14,15)(H,16,17). The van der Waals surface area contributed by atoms with Crippen LogP contribution >= 0.6 is 0 Å². The number of aromatic carboxylic acids is 1. The Hall–Kier alpha value is -2.22. The number of carbonyl (C=O) groups is 2. The van der Waals surface area contributed by atoms with E-state index in [4.69, 9.17) is 5.11 Å². The third-order valence-electron chi connectivity index (χ3n) is 2.80. The molecular weight excluding hydrogens is 284 g/mol. The van der Waals surface area contributed by atoms with Gasteiger partial charge in [-0.1, -0.05) is 0 Å². The number of carboxylic acid groups (broad SMARTS) is 1. The number of sulfone groups is 1. The Morgan fingerprint density at radius 3 is 2.60 bits per heavy atom. The van der Waals surface area contributed by atoms with E-state index in [0.717, 1.165) is 5.41 Å². The molecule has 1 unspecified atom stereocenters. The summed E-state index contributed by atoms with van der Waals surface area (Å²) < 4.78 is 22.4. The number of carbonyl (C=O) groups excluding carboxylic acids is 1. The van der Waals surface area contributed by atoms with E-state index in [1.165, 1.54) is 25.1 Å². The highest BCUT2D eigenvalue weighted by Crippen LogP contribution is 2.10. The van der Waals surface area contributed by atoms with Crippen molar-refractivity contribution in [3.05, 3.63) is 40.6 Å². The Balaban J connectivity index is 2.13. The van der Waals surface area contributed by atoms with Gasteiger partial charge in [-0.05, 0) is 25.1 Å². The monoisotopic (exact) mass is 296 g/mol. The van der Waals surface area contributed by atoms with E-state index in [0.29, 0.717) is 0 Å². The van der Waals surface area contributed by atoms with Gasteiger partial charge in [0.1, 0.15) is 5.69 Å². The molecule has 20 heavy (non-hydrogen) atoms. The van der Waals surface area contributed by atoms with Crippen LogP contribution in [0.2, 0.25) is 0 Å². The third-order valence-corrected chi connectivity index (χ3v) is 4.19. The number of carboxylic acids is 1. The van der Waals surface area contributed by atoms with Crippen LogP contribution in [0.5, 0.6) is 0 Å². The number of hydrogen-bond donors (Lipinski definition) is 2. The van der Waals surface area contributed by atoms with Crippen LogP contribution in [0.3, 0.4) is 0 Å². The molecule has 0 aliphatic carbocycles. The Kier molecular flexibility index (Phi) is 3.58. The highest BCUT2D eigenvalue weighted by Gasteiger charge is 2.24. The predicted molar refractivity (Wildman–Crippen MR) is 70.1 cm³/mol. The maximum Gasteiger partial charge on any atom is 0.337 e. The summed E-state index contributed by atoms with van der Waals surface area (Å²) in [7, 11) is -3.24. The van der Waals surface area contributed by atoms with Crippen LogP contribution < -0.4 is 5.32 Å². The quantitative estimate of drug-likeness (QED) is 0.819. The molecule has 1 aromatic rings. The van der Waals surface area contributed by atoms with Crippen LogP contribution in [0.1, 0.15) is 26.5 Å². The van der Waals surface area contributed by atoms with Crippen LogP contribution in [0.15, 0.2) is 23.6 Å². The first-order valence-corrected chi connectivity index (χ1v) is 7.43. The maximum atomic E-state index is 11.9. The number of amides is 1. The fourth-order valence-corrected chi connectivity index (χ4v) is 3.06. The zero-order chi connectivity index (χ0) is 14.9. The molecule has 0 aromatic carbocycles. The van der Waals surface area contributed by atoms with Crippen molar-refractivity contribution in [2.45, 2.75) is 13.0 Å². The molecule has 7 nitrogen and oxygen atoms in total. The number of pyridine rings is 1. The number of rotatable bonds is 3. The van der Waals surface area contributed by atoms with Gasteiger partial charge >= 0.3 is 5.97 Å². The number of nitrogens with zero attached hydrogens (tertiary/aromatic N) is 1. The molecule has 1 aliphatic rings. The lowest BCUT2D eigenvalue weighted by molar-refractivity contribution is 0.0694. The lowest BCUT2D eigenvalue weighted by Crippen LogP contribution is -2.36. The molecule has 0 saturated carbocycles. The molecule has 0 radical (unpaired) electrons. The summed E-state index contributed by atoms with van der Waals surface area (Å²) in [5, 5.41) is 12.4. The van der Waals surface area contributed by atoms with Crippen LogP contribution in [0, 0.1) is 6.92 Å². The summed E-state index contributed by atoms with van der Waals surface area (Å²) >= 11 is 0. The Labute approximate surface area is 115 Å². The van der Waals surface area contributed by atoms with E-state index in [-0.39, 0.29) is 22.7 Å². The second-order valence-electron chi connectivity index (χ2n) is 4.37. The van der Waals surface area contributed by atoms with Crippen molar-refractivity contribution in [2.75, 3.05) is 5.75 Å². The molecule has 0 spiro atoms.